The number of carboxylic acids is 1. The molecule has 0 heterocycles. The van der Waals surface area contributed by atoms with Crippen LogP contribution in [0.4, 0.5) is 11.4 Å². The van der Waals surface area contributed by atoms with Crippen molar-refractivity contribution in [1.29, 1.82) is 0 Å². The first-order valence-electron chi connectivity index (χ1n) is 6.64. The summed E-state index contributed by atoms with van der Waals surface area (Å²) >= 11 is 12.6. The van der Waals surface area contributed by atoms with Gasteiger partial charge in [0.15, 0.2) is 0 Å². The third kappa shape index (κ3) is 4.80. The molecule has 0 unspecified atom stereocenters. The fourth-order valence-electron chi connectivity index (χ4n) is 2.27. The molecule has 0 aliphatic carbocycles. The van der Waals surface area contributed by atoms with Crippen molar-refractivity contribution in [3.63, 3.8) is 0 Å². The van der Waals surface area contributed by atoms with Crippen LogP contribution >= 0.6 is 23.2 Å². The van der Waals surface area contributed by atoms with Gasteiger partial charge in [-0.2, -0.15) is 0 Å². The Bertz CT molecular complexity index is 686. The van der Waals surface area contributed by atoms with Gasteiger partial charge in [0.2, 0.25) is 0 Å². The van der Waals surface area contributed by atoms with Crippen LogP contribution in [0.15, 0.2) is 55.1 Å². The SMILES string of the molecule is C=CCN(c1ccccc1CC(=O)[O-])c1c(Cl)cccc1Cl.[Li+]. The fraction of sp³-hybridized carbons (Fsp3) is 0.118. The zero-order chi connectivity index (χ0) is 16.1. The molecule has 0 fully saturated rings. The summed E-state index contributed by atoms with van der Waals surface area (Å²) in [6.45, 7) is 4.18. The van der Waals surface area contributed by atoms with E-state index < -0.39 is 5.97 Å². The van der Waals surface area contributed by atoms with Crippen LogP contribution in [0, 0.1) is 0 Å². The van der Waals surface area contributed by atoms with Crippen molar-refractivity contribution in [1.82, 2.24) is 0 Å². The number of benzene rings is 2. The summed E-state index contributed by atoms with van der Waals surface area (Å²) in [4.78, 5) is 12.8. The van der Waals surface area contributed by atoms with E-state index in [0.717, 1.165) is 0 Å². The zero-order valence-corrected chi connectivity index (χ0v) is 14.3. The van der Waals surface area contributed by atoms with Gasteiger partial charge in [-0.05, 0) is 23.8 Å². The molecule has 0 N–H and O–H groups in total. The molecule has 0 aromatic heterocycles. The van der Waals surface area contributed by atoms with Crippen molar-refractivity contribution in [3.8, 4) is 0 Å². The first-order chi connectivity index (χ1) is 10.5. The van der Waals surface area contributed by atoms with Crippen molar-refractivity contribution in [2.24, 2.45) is 0 Å². The maximum atomic E-state index is 11.0. The molecule has 0 atom stereocenters. The number of hydrogen-bond donors (Lipinski definition) is 0. The Labute approximate surface area is 157 Å². The molecule has 0 saturated carbocycles. The van der Waals surface area contributed by atoms with E-state index in [2.05, 4.69) is 6.58 Å². The van der Waals surface area contributed by atoms with Crippen LogP contribution in [-0.4, -0.2) is 12.5 Å². The number of para-hydroxylation sites is 2. The Balaban J connectivity index is 0.00000264. The minimum atomic E-state index is -1.14. The molecule has 0 amide bonds. The van der Waals surface area contributed by atoms with Crippen LogP contribution in [0.2, 0.25) is 10.0 Å². The van der Waals surface area contributed by atoms with Gasteiger partial charge in [0.05, 0.1) is 15.7 Å². The standard InChI is InChI=1S/C17H15Cl2NO2.Li/c1-2-10-20(17-13(18)7-5-8-14(17)19)15-9-4-3-6-12(15)11-16(21)22;/h2-9H,1,10-11H2,(H,21,22);/q;+1/p-1. The van der Waals surface area contributed by atoms with E-state index in [1.807, 2.05) is 17.0 Å². The fourth-order valence-corrected chi connectivity index (χ4v) is 2.87. The number of aliphatic carboxylic acids is 1. The summed E-state index contributed by atoms with van der Waals surface area (Å²) < 4.78 is 0. The van der Waals surface area contributed by atoms with Crippen LogP contribution in [0.3, 0.4) is 0 Å². The molecule has 0 radical (unpaired) electrons. The number of carbonyl (C=O) groups excluding carboxylic acids is 1. The van der Waals surface area contributed by atoms with E-state index in [9.17, 15) is 9.90 Å². The Kier molecular flexibility index (Phi) is 7.74. The number of rotatable bonds is 6. The predicted octanol–water partition coefficient (Wildman–Crippen LogP) is 0.614. The average Bonchev–Trinajstić information content (AvgIpc) is 2.46. The molecule has 114 valence electrons. The Morgan fingerprint density at radius 3 is 2.30 bits per heavy atom. The zero-order valence-electron chi connectivity index (χ0n) is 12.8. The third-order valence-electron chi connectivity index (χ3n) is 3.14. The van der Waals surface area contributed by atoms with E-state index >= 15 is 0 Å². The molecule has 0 aliphatic heterocycles. The van der Waals surface area contributed by atoms with E-state index in [0.29, 0.717) is 33.5 Å². The van der Waals surface area contributed by atoms with Crippen LogP contribution in [0.1, 0.15) is 5.56 Å². The van der Waals surface area contributed by atoms with Crippen molar-refractivity contribution >= 4 is 40.5 Å². The molecule has 2 rings (SSSR count). The molecule has 0 spiro atoms. The average molecular weight is 342 g/mol. The molecule has 0 saturated heterocycles. The Morgan fingerprint density at radius 2 is 1.74 bits per heavy atom. The monoisotopic (exact) mass is 341 g/mol. The van der Waals surface area contributed by atoms with Gasteiger partial charge in [0.1, 0.15) is 0 Å². The summed E-state index contributed by atoms with van der Waals surface area (Å²) in [5.41, 5.74) is 1.96. The number of nitrogens with zero attached hydrogens (tertiary/aromatic N) is 1. The van der Waals surface area contributed by atoms with Gasteiger partial charge in [-0.1, -0.05) is 53.5 Å². The van der Waals surface area contributed by atoms with Gasteiger partial charge < -0.3 is 14.8 Å². The molecule has 0 aliphatic rings. The Morgan fingerprint density at radius 1 is 1.13 bits per heavy atom. The van der Waals surface area contributed by atoms with Gasteiger partial charge in [0.25, 0.3) is 0 Å². The van der Waals surface area contributed by atoms with E-state index in [4.69, 9.17) is 23.2 Å². The predicted molar refractivity (Wildman–Crippen MR) is 88.8 cm³/mol. The minimum Gasteiger partial charge on any atom is -0.550 e. The molecule has 6 heteroatoms. The normalized spacial score (nSPS) is 9.83. The minimum absolute atomic E-state index is 0. The maximum Gasteiger partial charge on any atom is 1.00 e. The number of carboxylic acid groups (broad SMARTS) is 1. The topological polar surface area (TPSA) is 43.4 Å². The summed E-state index contributed by atoms with van der Waals surface area (Å²) in [5, 5.41) is 11.9. The molecule has 3 nitrogen and oxygen atoms in total. The van der Waals surface area contributed by atoms with E-state index in [1.54, 1.807) is 36.4 Å². The van der Waals surface area contributed by atoms with Crippen LogP contribution in [0.25, 0.3) is 0 Å². The largest absolute Gasteiger partial charge is 1.00 e. The number of hydrogen-bond acceptors (Lipinski definition) is 3. The van der Waals surface area contributed by atoms with Crippen LogP contribution < -0.4 is 28.9 Å². The summed E-state index contributed by atoms with van der Waals surface area (Å²) in [7, 11) is 0. The molecular weight excluding hydrogens is 328 g/mol. The van der Waals surface area contributed by atoms with Gasteiger partial charge in [-0.15, -0.1) is 6.58 Å². The molecule has 2 aromatic carbocycles. The first kappa shape index (κ1) is 19.7. The smallest absolute Gasteiger partial charge is 0.550 e. The quantitative estimate of drug-likeness (QED) is 0.571. The summed E-state index contributed by atoms with van der Waals surface area (Å²) in [6, 6.07) is 12.4. The summed E-state index contributed by atoms with van der Waals surface area (Å²) in [6.07, 6.45) is 1.52. The van der Waals surface area contributed by atoms with Gasteiger partial charge >= 0.3 is 18.9 Å². The number of carbonyl (C=O) groups is 1. The second-order valence-electron chi connectivity index (χ2n) is 4.65. The van der Waals surface area contributed by atoms with E-state index in [1.165, 1.54) is 0 Å². The second kappa shape index (κ2) is 9.05. The van der Waals surface area contributed by atoms with Crippen molar-refractivity contribution in [2.45, 2.75) is 6.42 Å². The number of halogens is 2. The van der Waals surface area contributed by atoms with Gasteiger partial charge in [-0.3, -0.25) is 0 Å². The third-order valence-corrected chi connectivity index (χ3v) is 3.75. The van der Waals surface area contributed by atoms with Gasteiger partial charge in [0, 0.05) is 24.6 Å². The Hall–Kier alpha value is -1.37. The van der Waals surface area contributed by atoms with E-state index in [-0.39, 0.29) is 25.3 Å². The molecule has 2 aromatic rings. The van der Waals surface area contributed by atoms with Gasteiger partial charge in [-0.25, -0.2) is 0 Å². The van der Waals surface area contributed by atoms with Crippen LogP contribution in [-0.2, 0) is 11.2 Å². The number of anilines is 2. The first-order valence-corrected chi connectivity index (χ1v) is 7.40. The molecule has 23 heavy (non-hydrogen) atoms. The van der Waals surface area contributed by atoms with Crippen molar-refractivity contribution in [3.05, 3.63) is 70.7 Å². The van der Waals surface area contributed by atoms with Crippen LogP contribution in [0.5, 0.6) is 0 Å². The molecular formula is C17H14Cl2LiNO2. The second-order valence-corrected chi connectivity index (χ2v) is 5.46. The van der Waals surface area contributed by atoms with Crippen molar-refractivity contribution in [2.75, 3.05) is 11.4 Å². The summed E-state index contributed by atoms with van der Waals surface area (Å²) in [5.74, 6) is -1.14. The maximum absolute atomic E-state index is 11.0. The van der Waals surface area contributed by atoms with Crippen molar-refractivity contribution < 1.29 is 28.8 Å². The molecule has 0 bridgehead atoms.